The van der Waals surface area contributed by atoms with Gasteiger partial charge < -0.3 is 5.32 Å². The molecule has 1 aromatic rings. The molecule has 2 N–H and O–H groups in total. The van der Waals surface area contributed by atoms with Crippen LogP contribution in [0.2, 0.25) is 0 Å². The van der Waals surface area contributed by atoms with E-state index in [1.54, 1.807) is 0 Å². The number of imide groups is 1. The van der Waals surface area contributed by atoms with Gasteiger partial charge >= 0.3 is 0 Å². The molecule has 4 rings (SSSR count). The minimum atomic E-state index is -1.41. The summed E-state index contributed by atoms with van der Waals surface area (Å²) in [5.74, 6) is -2.93. The highest BCUT2D eigenvalue weighted by Gasteiger charge is 2.71. The van der Waals surface area contributed by atoms with E-state index in [1.165, 1.54) is 23.1 Å². The number of anilines is 1. The monoisotopic (exact) mass is 373 g/mol. The lowest BCUT2D eigenvalue weighted by Crippen LogP contribution is -2.54. The molecule has 3 heterocycles. The van der Waals surface area contributed by atoms with Crippen molar-refractivity contribution in [1.82, 2.24) is 10.2 Å². The molecule has 0 unspecified atom stereocenters. The van der Waals surface area contributed by atoms with Crippen LogP contribution >= 0.6 is 0 Å². The molecule has 3 aliphatic rings. The first kappa shape index (κ1) is 18.1. The molecule has 0 aliphatic carbocycles. The van der Waals surface area contributed by atoms with Crippen molar-refractivity contribution in [3.8, 4) is 0 Å². The maximum Gasteiger partial charge on any atom is 0.250 e. The Morgan fingerprint density at radius 1 is 1.19 bits per heavy atom. The maximum atomic E-state index is 14.0. The van der Waals surface area contributed by atoms with Gasteiger partial charge in [-0.1, -0.05) is 20.8 Å². The van der Waals surface area contributed by atoms with Gasteiger partial charge in [0.05, 0.1) is 11.8 Å². The van der Waals surface area contributed by atoms with Crippen molar-refractivity contribution in [1.29, 1.82) is 0 Å². The fourth-order valence-corrected chi connectivity index (χ4v) is 4.92. The van der Waals surface area contributed by atoms with Gasteiger partial charge in [-0.2, -0.15) is 0 Å². The van der Waals surface area contributed by atoms with Crippen molar-refractivity contribution in [2.24, 2.45) is 17.8 Å². The number of nitrogens with zero attached hydrogens (tertiary/aromatic N) is 1. The maximum absolute atomic E-state index is 14.0. The summed E-state index contributed by atoms with van der Waals surface area (Å²) in [6.45, 7) is 7.66. The Morgan fingerprint density at radius 2 is 1.89 bits per heavy atom. The van der Waals surface area contributed by atoms with E-state index in [4.69, 9.17) is 0 Å². The smallest absolute Gasteiger partial charge is 0.250 e. The molecular formula is C20H24FN3O3. The Bertz CT molecular complexity index is 855. The van der Waals surface area contributed by atoms with E-state index >= 15 is 0 Å². The lowest BCUT2D eigenvalue weighted by atomic mass is 9.76. The molecule has 144 valence electrons. The van der Waals surface area contributed by atoms with Crippen LogP contribution in [0, 0.1) is 23.6 Å². The standard InChI is InChI=1S/C20H24FN3O3/c1-5-10(4)24-17(25)14-15(18(24)26)20(23-16(14)9(2)3)12-8-11(21)6-7-13(12)22-19(20)27/h6-10,14-16,23H,5H2,1-4H3,(H,22,27)/t10-,14+,15+,16-,20-/m1/s1. The second-order valence-corrected chi connectivity index (χ2v) is 8.17. The summed E-state index contributed by atoms with van der Waals surface area (Å²) in [5.41, 5.74) is -0.511. The molecule has 0 bridgehead atoms. The van der Waals surface area contributed by atoms with Crippen molar-refractivity contribution in [2.75, 3.05) is 5.32 Å². The molecule has 0 saturated carbocycles. The second-order valence-electron chi connectivity index (χ2n) is 8.17. The third-order valence-corrected chi connectivity index (χ3v) is 6.40. The zero-order valence-corrected chi connectivity index (χ0v) is 15.9. The van der Waals surface area contributed by atoms with Crippen LogP contribution in [0.3, 0.4) is 0 Å². The number of rotatable bonds is 3. The predicted octanol–water partition coefficient (Wildman–Crippen LogP) is 2.00. The van der Waals surface area contributed by atoms with E-state index in [1.807, 2.05) is 27.7 Å². The molecule has 3 aliphatic heterocycles. The largest absolute Gasteiger partial charge is 0.324 e. The summed E-state index contributed by atoms with van der Waals surface area (Å²) in [6, 6.07) is 3.49. The van der Waals surface area contributed by atoms with Gasteiger partial charge in [0, 0.05) is 23.3 Å². The highest BCUT2D eigenvalue weighted by atomic mass is 19.1. The van der Waals surface area contributed by atoms with Crippen LogP contribution in [-0.4, -0.2) is 34.7 Å². The first-order valence-corrected chi connectivity index (χ1v) is 9.50. The normalized spacial score (nSPS) is 33.0. The van der Waals surface area contributed by atoms with Gasteiger partial charge in [0.2, 0.25) is 17.7 Å². The highest BCUT2D eigenvalue weighted by Crippen LogP contribution is 2.54. The number of likely N-dealkylation sites (tertiary alicyclic amines) is 1. The Morgan fingerprint density at radius 3 is 2.52 bits per heavy atom. The van der Waals surface area contributed by atoms with Crippen molar-refractivity contribution >= 4 is 23.4 Å². The Balaban J connectivity index is 1.92. The fraction of sp³-hybridized carbons (Fsp3) is 0.550. The summed E-state index contributed by atoms with van der Waals surface area (Å²) < 4.78 is 14.0. The fourth-order valence-electron chi connectivity index (χ4n) is 4.92. The first-order valence-electron chi connectivity index (χ1n) is 9.50. The van der Waals surface area contributed by atoms with Crippen LogP contribution in [-0.2, 0) is 19.9 Å². The molecule has 0 radical (unpaired) electrons. The quantitative estimate of drug-likeness (QED) is 0.795. The molecule has 6 nitrogen and oxygen atoms in total. The van der Waals surface area contributed by atoms with Gasteiger partial charge in [-0.3, -0.25) is 24.6 Å². The SMILES string of the molecule is CC[C@@H](C)N1C(=O)[C@@H]2[C@@H](C(C)C)N[C@@]3(C(=O)Nc4ccc(F)cc43)[C@@H]2C1=O. The van der Waals surface area contributed by atoms with Crippen molar-refractivity contribution in [3.05, 3.63) is 29.6 Å². The Labute approximate surface area is 157 Å². The summed E-state index contributed by atoms with van der Waals surface area (Å²) in [7, 11) is 0. The molecule has 5 atom stereocenters. The van der Waals surface area contributed by atoms with Gasteiger partial charge in [0.25, 0.3) is 0 Å². The van der Waals surface area contributed by atoms with Crippen LogP contribution in [0.1, 0.15) is 39.7 Å². The van der Waals surface area contributed by atoms with E-state index in [0.29, 0.717) is 17.7 Å². The second kappa shape index (κ2) is 5.86. The summed E-state index contributed by atoms with van der Waals surface area (Å²) in [4.78, 5) is 41.0. The number of benzene rings is 1. The van der Waals surface area contributed by atoms with Crippen LogP contribution in [0.5, 0.6) is 0 Å². The first-order chi connectivity index (χ1) is 12.7. The molecular weight excluding hydrogens is 349 g/mol. The zero-order chi connectivity index (χ0) is 19.7. The van der Waals surface area contributed by atoms with Crippen molar-refractivity contribution < 1.29 is 18.8 Å². The van der Waals surface area contributed by atoms with E-state index in [9.17, 15) is 18.8 Å². The number of amides is 3. The van der Waals surface area contributed by atoms with Crippen molar-refractivity contribution in [2.45, 2.75) is 51.7 Å². The average Bonchev–Trinajstić information content (AvgIpc) is 3.20. The van der Waals surface area contributed by atoms with Gasteiger partial charge in [-0.25, -0.2) is 4.39 Å². The molecule has 0 aromatic heterocycles. The van der Waals surface area contributed by atoms with Gasteiger partial charge in [-0.15, -0.1) is 0 Å². The minimum absolute atomic E-state index is 0.0240. The number of hydrogen-bond acceptors (Lipinski definition) is 4. The van der Waals surface area contributed by atoms with Gasteiger partial charge in [0.15, 0.2) is 0 Å². The minimum Gasteiger partial charge on any atom is -0.324 e. The van der Waals surface area contributed by atoms with Gasteiger partial charge in [-0.05, 0) is 37.5 Å². The third kappa shape index (κ3) is 2.18. The third-order valence-electron chi connectivity index (χ3n) is 6.40. The number of carbonyl (C=O) groups excluding carboxylic acids is 3. The molecule has 27 heavy (non-hydrogen) atoms. The number of carbonyl (C=O) groups is 3. The molecule has 2 saturated heterocycles. The number of nitrogens with one attached hydrogen (secondary N) is 2. The summed E-state index contributed by atoms with van der Waals surface area (Å²) in [6.07, 6.45) is 0.640. The van der Waals surface area contributed by atoms with Gasteiger partial charge in [0.1, 0.15) is 11.4 Å². The summed E-state index contributed by atoms with van der Waals surface area (Å²) >= 11 is 0. The van der Waals surface area contributed by atoms with E-state index in [-0.39, 0.29) is 29.8 Å². The number of hydrogen-bond donors (Lipinski definition) is 2. The lowest BCUT2D eigenvalue weighted by Gasteiger charge is -2.31. The van der Waals surface area contributed by atoms with E-state index in [2.05, 4.69) is 10.6 Å². The van der Waals surface area contributed by atoms with E-state index in [0.717, 1.165) is 0 Å². The molecule has 1 spiro atoms. The topological polar surface area (TPSA) is 78.5 Å². The van der Waals surface area contributed by atoms with Crippen LogP contribution < -0.4 is 10.6 Å². The molecule has 1 aromatic carbocycles. The van der Waals surface area contributed by atoms with E-state index < -0.39 is 29.1 Å². The highest BCUT2D eigenvalue weighted by molar-refractivity contribution is 6.15. The molecule has 7 heteroatoms. The summed E-state index contributed by atoms with van der Waals surface area (Å²) in [5, 5.41) is 6.07. The Hall–Kier alpha value is -2.28. The zero-order valence-electron chi connectivity index (χ0n) is 15.9. The van der Waals surface area contributed by atoms with Crippen LogP contribution in [0.15, 0.2) is 18.2 Å². The number of fused-ring (bicyclic) bond motifs is 4. The lowest BCUT2D eigenvalue weighted by molar-refractivity contribution is -0.145. The molecule has 3 amide bonds. The predicted molar refractivity (Wildman–Crippen MR) is 97.1 cm³/mol. The average molecular weight is 373 g/mol. The van der Waals surface area contributed by atoms with Crippen LogP contribution in [0.4, 0.5) is 10.1 Å². The molecule has 2 fully saturated rings. The number of halogens is 1. The van der Waals surface area contributed by atoms with Crippen LogP contribution in [0.25, 0.3) is 0 Å². The Kier molecular flexibility index (Phi) is 3.93. The van der Waals surface area contributed by atoms with Crippen molar-refractivity contribution in [3.63, 3.8) is 0 Å².